The lowest BCUT2D eigenvalue weighted by atomic mass is 9.95. The quantitative estimate of drug-likeness (QED) is 0.681. The number of benzene rings is 1. The topological polar surface area (TPSA) is 102 Å². The number of nitrogens with zero attached hydrogens (tertiary/aromatic N) is 1. The first-order chi connectivity index (χ1) is 13.3. The normalized spacial score (nSPS) is 11.9. The third-order valence-corrected chi connectivity index (χ3v) is 4.12. The Hall–Kier alpha value is -3.03. The van der Waals surface area contributed by atoms with E-state index in [4.69, 9.17) is 9.47 Å². The number of carbonyl (C=O) groups excluding carboxylic acids is 1. The van der Waals surface area contributed by atoms with Gasteiger partial charge in [-0.3, -0.25) is 19.1 Å². The second-order valence-corrected chi connectivity index (χ2v) is 6.60. The van der Waals surface area contributed by atoms with Gasteiger partial charge in [0.25, 0.3) is 5.56 Å². The van der Waals surface area contributed by atoms with E-state index in [1.807, 2.05) is 45.9 Å². The number of H-pyrrole nitrogens is 1. The van der Waals surface area contributed by atoms with Crippen LogP contribution in [0.1, 0.15) is 39.3 Å². The molecule has 1 amide bonds. The van der Waals surface area contributed by atoms with Crippen LogP contribution in [0.25, 0.3) is 0 Å². The fourth-order valence-corrected chi connectivity index (χ4v) is 2.84. The number of aromatic nitrogens is 2. The largest absolute Gasteiger partial charge is 0.490 e. The SMILES string of the molecule is CCOc1ccc(C(NC(=O)Cn2ccc(=O)[nH]c2=O)C(C)C)cc1OCC. The molecule has 0 saturated heterocycles. The van der Waals surface area contributed by atoms with E-state index < -0.39 is 11.2 Å². The first-order valence-corrected chi connectivity index (χ1v) is 9.34. The maximum atomic E-state index is 12.5. The van der Waals surface area contributed by atoms with Crippen molar-refractivity contribution in [1.82, 2.24) is 14.9 Å². The fourth-order valence-electron chi connectivity index (χ4n) is 2.84. The monoisotopic (exact) mass is 389 g/mol. The van der Waals surface area contributed by atoms with E-state index in [9.17, 15) is 14.4 Å². The number of ether oxygens (including phenoxy) is 2. The van der Waals surface area contributed by atoms with Crippen LogP contribution in [0.4, 0.5) is 0 Å². The number of nitrogens with one attached hydrogen (secondary N) is 2. The summed E-state index contributed by atoms with van der Waals surface area (Å²) in [5.74, 6) is 1.05. The third kappa shape index (κ3) is 5.48. The summed E-state index contributed by atoms with van der Waals surface area (Å²) in [6, 6.07) is 6.52. The molecule has 8 nitrogen and oxygen atoms in total. The number of aromatic amines is 1. The smallest absolute Gasteiger partial charge is 0.328 e. The van der Waals surface area contributed by atoms with Crippen LogP contribution < -0.4 is 26.0 Å². The lowest BCUT2D eigenvalue weighted by Crippen LogP contribution is -2.38. The maximum absolute atomic E-state index is 12.5. The number of hydrogen-bond acceptors (Lipinski definition) is 5. The van der Waals surface area contributed by atoms with Crippen molar-refractivity contribution < 1.29 is 14.3 Å². The summed E-state index contributed by atoms with van der Waals surface area (Å²) in [7, 11) is 0. The van der Waals surface area contributed by atoms with Crippen LogP contribution in [0.5, 0.6) is 11.5 Å². The molecule has 1 atom stereocenters. The van der Waals surface area contributed by atoms with E-state index in [0.717, 1.165) is 10.1 Å². The summed E-state index contributed by atoms with van der Waals surface area (Å²) in [6.45, 7) is 8.62. The molecule has 152 valence electrons. The van der Waals surface area contributed by atoms with Crippen molar-refractivity contribution in [2.24, 2.45) is 5.92 Å². The lowest BCUT2D eigenvalue weighted by molar-refractivity contribution is -0.122. The predicted octanol–water partition coefficient (Wildman–Crippen LogP) is 1.85. The molecular formula is C20H27N3O5. The zero-order valence-electron chi connectivity index (χ0n) is 16.7. The molecule has 0 aliphatic carbocycles. The first-order valence-electron chi connectivity index (χ1n) is 9.34. The van der Waals surface area contributed by atoms with Gasteiger partial charge in [0.05, 0.1) is 19.3 Å². The molecule has 28 heavy (non-hydrogen) atoms. The third-order valence-electron chi connectivity index (χ3n) is 4.12. The highest BCUT2D eigenvalue weighted by Crippen LogP contribution is 2.32. The van der Waals surface area contributed by atoms with Crippen LogP contribution in [0.15, 0.2) is 40.1 Å². The van der Waals surface area contributed by atoms with Gasteiger partial charge >= 0.3 is 5.69 Å². The molecule has 0 aliphatic rings. The number of amides is 1. The minimum Gasteiger partial charge on any atom is -0.490 e. The predicted molar refractivity (Wildman–Crippen MR) is 106 cm³/mol. The molecule has 2 rings (SSSR count). The van der Waals surface area contributed by atoms with E-state index in [1.54, 1.807) is 0 Å². The Morgan fingerprint density at radius 2 is 1.79 bits per heavy atom. The molecule has 0 saturated carbocycles. The van der Waals surface area contributed by atoms with Crippen molar-refractivity contribution in [3.05, 3.63) is 56.9 Å². The Balaban J connectivity index is 2.22. The summed E-state index contributed by atoms with van der Waals surface area (Å²) in [5.41, 5.74) is -0.243. The summed E-state index contributed by atoms with van der Waals surface area (Å²) in [6.07, 6.45) is 1.30. The Morgan fingerprint density at radius 3 is 2.39 bits per heavy atom. The van der Waals surface area contributed by atoms with Gasteiger partial charge in [-0.2, -0.15) is 0 Å². The molecular weight excluding hydrogens is 362 g/mol. The Kier molecular flexibility index (Phi) is 7.43. The van der Waals surface area contributed by atoms with Crippen molar-refractivity contribution >= 4 is 5.91 Å². The second-order valence-electron chi connectivity index (χ2n) is 6.60. The van der Waals surface area contributed by atoms with Gasteiger partial charge in [0, 0.05) is 12.3 Å². The van der Waals surface area contributed by atoms with Crippen LogP contribution in [-0.2, 0) is 11.3 Å². The van der Waals surface area contributed by atoms with Crippen molar-refractivity contribution in [3.63, 3.8) is 0 Å². The average molecular weight is 389 g/mol. The molecule has 0 bridgehead atoms. The lowest BCUT2D eigenvalue weighted by Gasteiger charge is -2.24. The summed E-state index contributed by atoms with van der Waals surface area (Å²) in [5, 5.41) is 2.96. The summed E-state index contributed by atoms with van der Waals surface area (Å²) in [4.78, 5) is 37.6. The summed E-state index contributed by atoms with van der Waals surface area (Å²) < 4.78 is 12.4. The molecule has 1 aromatic carbocycles. The van der Waals surface area contributed by atoms with Crippen LogP contribution in [-0.4, -0.2) is 28.7 Å². The molecule has 2 N–H and O–H groups in total. The minimum atomic E-state index is -0.622. The standard InChI is InChI=1S/C20H27N3O5/c1-5-27-15-8-7-14(11-16(15)28-6-2)19(13(3)4)21-18(25)12-23-10-9-17(24)22-20(23)26/h7-11,13,19H,5-6,12H2,1-4H3,(H,21,25)(H,22,24,26). The zero-order valence-corrected chi connectivity index (χ0v) is 16.7. The number of rotatable bonds is 9. The van der Waals surface area contributed by atoms with Crippen LogP contribution in [0.2, 0.25) is 0 Å². The van der Waals surface area contributed by atoms with Crippen molar-refractivity contribution in [2.45, 2.75) is 40.3 Å². The molecule has 0 aliphatic heterocycles. The van der Waals surface area contributed by atoms with Gasteiger partial charge in [0.15, 0.2) is 11.5 Å². The zero-order chi connectivity index (χ0) is 20.7. The second kappa shape index (κ2) is 9.77. The van der Waals surface area contributed by atoms with E-state index >= 15 is 0 Å². The Bertz CT molecular complexity index is 917. The van der Waals surface area contributed by atoms with Gasteiger partial charge < -0.3 is 14.8 Å². The van der Waals surface area contributed by atoms with Gasteiger partial charge in [-0.05, 0) is 37.5 Å². The van der Waals surface area contributed by atoms with E-state index in [-0.39, 0.29) is 24.4 Å². The van der Waals surface area contributed by atoms with E-state index in [2.05, 4.69) is 10.3 Å². The van der Waals surface area contributed by atoms with E-state index in [1.165, 1.54) is 12.3 Å². The molecule has 8 heteroatoms. The molecule has 0 fully saturated rings. The molecule has 2 aromatic rings. The highest BCUT2D eigenvalue weighted by atomic mass is 16.5. The van der Waals surface area contributed by atoms with Crippen molar-refractivity contribution in [3.8, 4) is 11.5 Å². The van der Waals surface area contributed by atoms with Crippen LogP contribution in [0, 0.1) is 5.92 Å². The summed E-state index contributed by atoms with van der Waals surface area (Å²) >= 11 is 0. The van der Waals surface area contributed by atoms with E-state index in [0.29, 0.717) is 24.7 Å². The van der Waals surface area contributed by atoms with Crippen LogP contribution in [0.3, 0.4) is 0 Å². The minimum absolute atomic E-state index is 0.101. The maximum Gasteiger partial charge on any atom is 0.328 e. The van der Waals surface area contributed by atoms with Gasteiger partial charge in [-0.25, -0.2) is 4.79 Å². The van der Waals surface area contributed by atoms with Crippen molar-refractivity contribution in [2.75, 3.05) is 13.2 Å². The molecule has 1 heterocycles. The molecule has 1 unspecified atom stereocenters. The van der Waals surface area contributed by atoms with Gasteiger partial charge in [0.1, 0.15) is 6.54 Å². The number of hydrogen-bond donors (Lipinski definition) is 2. The number of carbonyl (C=O) groups is 1. The first kappa shape index (κ1) is 21.3. The van der Waals surface area contributed by atoms with Gasteiger partial charge in [-0.1, -0.05) is 19.9 Å². The fraction of sp³-hybridized carbons (Fsp3) is 0.450. The molecule has 0 radical (unpaired) electrons. The Morgan fingerprint density at radius 1 is 1.11 bits per heavy atom. The molecule has 0 spiro atoms. The van der Waals surface area contributed by atoms with Gasteiger partial charge in [0.2, 0.25) is 5.91 Å². The average Bonchev–Trinajstić information content (AvgIpc) is 2.64. The highest BCUT2D eigenvalue weighted by molar-refractivity contribution is 5.76. The van der Waals surface area contributed by atoms with Gasteiger partial charge in [-0.15, -0.1) is 0 Å². The van der Waals surface area contributed by atoms with Crippen LogP contribution >= 0.6 is 0 Å². The Labute approximate surface area is 163 Å². The molecule has 1 aromatic heterocycles. The highest BCUT2D eigenvalue weighted by Gasteiger charge is 2.20. The van der Waals surface area contributed by atoms with Crippen molar-refractivity contribution in [1.29, 1.82) is 0 Å².